The van der Waals surface area contributed by atoms with Crippen molar-refractivity contribution in [1.29, 1.82) is 0 Å². The molecule has 4 rings (SSSR count). The van der Waals surface area contributed by atoms with E-state index in [0.29, 0.717) is 6.61 Å². The first-order valence-corrected chi connectivity index (χ1v) is 8.48. The second-order valence-electron chi connectivity index (χ2n) is 6.02. The summed E-state index contributed by atoms with van der Waals surface area (Å²) in [5, 5.41) is 2.34. The van der Waals surface area contributed by atoms with E-state index >= 15 is 0 Å². The summed E-state index contributed by atoms with van der Waals surface area (Å²) in [6, 6.07) is 24.9. The third kappa shape index (κ3) is 3.51. The lowest BCUT2D eigenvalue weighted by Crippen LogP contribution is -2.10. The zero-order chi connectivity index (χ0) is 16.9. The van der Waals surface area contributed by atoms with Gasteiger partial charge in [0.1, 0.15) is 5.75 Å². The molecule has 1 heteroatoms. The van der Waals surface area contributed by atoms with Crippen LogP contribution < -0.4 is 4.74 Å². The van der Waals surface area contributed by atoms with Gasteiger partial charge in [0, 0.05) is 5.39 Å². The Morgan fingerprint density at radius 3 is 2.32 bits per heavy atom. The van der Waals surface area contributed by atoms with Crippen LogP contribution in [-0.2, 0) is 0 Å². The normalized spacial score (nSPS) is 12.6. The Morgan fingerprint density at radius 2 is 1.48 bits per heavy atom. The fourth-order valence-electron chi connectivity index (χ4n) is 3.02. The van der Waals surface area contributed by atoms with Crippen LogP contribution in [0.4, 0.5) is 0 Å². The van der Waals surface area contributed by atoms with Gasteiger partial charge in [0.15, 0.2) is 0 Å². The zero-order valence-electron chi connectivity index (χ0n) is 13.9. The molecule has 0 fully saturated rings. The zero-order valence-corrected chi connectivity index (χ0v) is 13.9. The Morgan fingerprint density at radius 1 is 0.760 bits per heavy atom. The van der Waals surface area contributed by atoms with Gasteiger partial charge in [0.2, 0.25) is 0 Å². The average Bonchev–Trinajstić information content (AvgIpc) is 3.19. The van der Waals surface area contributed by atoms with Crippen molar-refractivity contribution in [2.45, 2.75) is 0 Å². The number of benzene rings is 3. The Kier molecular flexibility index (Phi) is 4.38. The van der Waals surface area contributed by atoms with Gasteiger partial charge in [-0.25, -0.2) is 0 Å². The standard InChI is InChI=1S/C24H19O/c1-2-11-20(12-3-1)22(17-19-9-4-5-10-19)18-25-24-16-8-14-21-13-6-7-15-23(21)24/h1-17H,18H2/q-1. The van der Waals surface area contributed by atoms with Gasteiger partial charge in [0.25, 0.3) is 0 Å². The smallest absolute Gasteiger partial charge is 0.126 e. The minimum absolute atomic E-state index is 0.531. The molecule has 0 unspecified atom stereocenters. The Hall–Kier alpha value is -3.19. The maximum atomic E-state index is 6.22. The monoisotopic (exact) mass is 323 g/mol. The van der Waals surface area contributed by atoms with Crippen LogP contribution in [0.5, 0.6) is 5.75 Å². The predicted molar refractivity (Wildman–Crippen MR) is 105 cm³/mol. The number of hydrogen-bond acceptors (Lipinski definition) is 1. The second-order valence-corrected chi connectivity index (χ2v) is 6.02. The van der Waals surface area contributed by atoms with E-state index in [1.807, 2.05) is 24.3 Å². The highest BCUT2D eigenvalue weighted by Gasteiger charge is 2.06. The van der Waals surface area contributed by atoms with Crippen molar-refractivity contribution >= 4 is 10.8 Å². The molecule has 25 heavy (non-hydrogen) atoms. The lowest BCUT2D eigenvalue weighted by Gasteiger charge is -2.22. The summed E-state index contributed by atoms with van der Waals surface area (Å²) >= 11 is 0. The molecule has 0 amide bonds. The largest absolute Gasteiger partial charge is 0.498 e. The Labute approximate surface area is 148 Å². The van der Waals surface area contributed by atoms with Gasteiger partial charge >= 0.3 is 0 Å². The van der Waals surface area contributed by atoms with Gasteiger partial charge in [-0.15, -0.1) is 35.9 Å². The Bertz CT molecular complexity index is 929. The third-order valence-electron chi connectivity index (χ3n) is 4.31. The topological polar surface area (TPSA) is 9.23 Å². The molecular weight excluding hydrogens is 304 g/mol. The van der Waals surface area contributed by atoms with Crippen molar-refractivity contribution in [1.82, 2.24) is 0 Å². The first-order chi connectivity index (χ1) is 12.4. The summed E-state index contributed by atoms with van der Waals surface area (Å²) in [6.45, 7) is 0.531. The molecule has 1 aliphatic rings. The molecule has 0 saturated carbocycles. The summed E-state index contributed by atoms with van der Waals surface area (Å²) < 4.78 is 6.22. The molecule has 0 saturated heterocycles. The molecule has 0 radical (unpaired) electrons. The van der Waals surface area contributed by atoms with E-state index in [1.54, 1.807) is 0 Å². The third-order valence-corrected chi connectivity index (χ3v) is 4.31. The summed E-state index contributed by atoms with van der Waals surface area (Å²) in [5.74, 6) is 2.09. The van der Waals surface area contributed by atoms with Crippen LogP contribution in [0.2, 0.25) is 0 Å². The Balaban J connectivity index is 1.61. The molecule has 3 aromatic carbocycles. The maximum Gasteiger partial charge on any atom is 0.126 e. The molecule has 0 aliphatic heterocycles. The first kappa shape index (κ1) is 15.3. The van der Waals surface area contributed by atoms with E-state index < -0.39 is 0 Å². The molecule has 3 aromatic rings. The minimum Gasteiger partial charge on any atom is -0.498 e. The van der Waals surface area contributed by atoms with Crippen molar-refractivity contribution in [2.75, 3.05) is 6.61 Å². The molecule has 122 valence electrons. The summed E-state index contributed by atoms with van der Waals surface area (Å²) in [4.78, 5) is 0. The fraction of sp³-hybridized carbons (Fsp3) is 0.0417. The highest BCUT2D eigenvalue weighted by atomic mass is 16.5. The quantitative estimate of drug-likeness (QED) is 0.532. The van der Waals surface area contributed by atoms with E-state index in [4.69, 9.17) is 4.74 Å². The fourth-order valence-corrected chi connectivity index (χ4v) is 3.02. The van der Waals surface area contributed by atoms with Crippen LogP contribution in [0.25, 0.3) is 10.8 Å². The molecule has 0 heterocycles. The number of ether oxygens (including phenoxy) is 1. The average molecular weight is 323 g/mol. The highest BCUT2D eigenvalue weighted by Crippen LogP contribution is 2.27. The van der Waals surface area contributed by atoms with E-state index in [-0.39, 0.29) is 0 Å². The number of fused-ring (bicyclic) bond motifs is 1. The number of hydrogen-bond donors (Lipinski definition) is 0. The molecule has 0 bridgehead atoms. The second kappa shape index (κ2) is 7.14. The molecule has 0 atom stereocenters. The van der Waals surface area contributed by atoms with Crippen LogP contribution in [-0.4, -0.2) is 6.61 Å². The van der Waals surface area contributed by atoms with Crippen molar-refractivity contribution < 1.29 is 4.74 Å². The van der Waals surface area contributed by atoms with Crippen LogP contribution in [0.15, 0.2) is 109 Å². The van der Waals surface area contributed by atoms with Crippen LogP contribution in [0, 0.1) is 5.92 Å². The van der Waals surface area contributed by atoms with E-state index in [0.717, 1.165) is 11.1 Å². The summed E-state index contributed by atoms with van der Waals surface area (Å²) in [7, 11) is 0. The van der Waals surface area contributed by atoms with Crippen molar-refractivity contribution in [3.63, 3.8) is 0 Å². The number of allylic oxidation sites excluding steroid dienone is 5. The van der Waals surface area contributed by atoms with Gasteiger partial charge in [0.05, 0.1) is 6.61 Å². The van der Waals surface area contributed by atoms with Crippen molar-refractivity contribution in [3.8, 4) is 5.75 Å². The van der Waals surface area contributed by atoms with Gasteiger partial charge in [-0.1, -0.05) is 78.3 Å². The summed E-state index contributed by atoms with van der Waals surface area (Å²) in [6.07, 6.45) is 10.5. The van der Waals surface area contributed by atoms with Gasteiger partial charge in [-0.05, 0) is 11.5 Å². The lowest BCUT2D eigenvalue weighted by atomic mass is 9.97. The molecule has 0 aromatic heterocycles. The summed E-state index contributed by atoms with van der Waals surface area (Å²) in [5.41, 5.74) is 2.38. The van der Waals surface area contributed by atoms with Crippen molar-refractivity contribution in [3.05, 3.63) is 120 Å². The van der Waals surface area contributed by atoms with Gasteiger partial charge < -0.3 is 4.74 Å². The van der Waals surface area contributed by atoms with Gasteiger partial charge in [-0.3, -0.25) is 0 Å². The van der Waals surface area contributed by atoms with E-state index in [9.17, 15) is 0 Å². The van der Waals surface area contributed by atoms with Gasteiger partial charge in [-0.2, -0.15) is 0 Å². The minimum atomic E-state index is 0.531. The molecule has 1 aliphatic carbocycles. The van der Waals surface area contributed by atoms with E-state index in [1.165, 1.54) is 22.4 Å². The maximum absolute atomic E-state index is 6.22. The SMILES string of the molecule is C1=CC(=C[C-](COc2cccc3ccccc23)c2ccccc2)C=C1. The first-order valence-electron chi connectivity index (χ1n) is 8.48. The van der Waals surface area contributed by atoms with Crippen LogP contribution in [0.3, 0.4) is 0 Å². The molecule has 0 N–H and O–H groups in total. The van der Waals surface area contributed by atoms with Crippen molar-refractivity contribution in [2.24, 2.45) is 0 Å². The van der Waals surface area contributed by atoms with Crippen LogP contribution >= 0.6 is 0 Å². The number of rotatable bonds is 5. The predicted octanol–water partition coefficient (Wildman–Crippen LogP) is 5.89. The highest BCUT2D eigenvalue weighted by molar-refractivity contribution is 5.88. The lowest BCUT2D eigenvalue weighted by molar-refractivity contribution is 0.345. The van der Waals surface area contributed by atoms with E-state index in [2.05, 4.69) is 78.9 Å². The van der Waals surface area contributed by atoms with Crippen LogP contribution in [0.1, 0.15) is 5.56 Å². The molecular formula is C24H19O-. The molecule has 0 spiro atoms. The molecule has 1 nitrogen and oxygen atoms in total.